The van der Waals surface area contributed by atoms with Gasteiger partial charge in [-0.2, -0.15) is 0 Å². The van der Waals surface area contributed by atoms with Crippen LogP contribution in [0.25, 0.3) is 0 Å². The number of nitrogens with one attached hydrogen (secondary N) is 1. The lowest BCUT2D eigenvalue weighted by molar-refractivity contribution is 0.0928. The Balaban J connectivity index is 2.60. The van der Waals surface area contributed by atoms with E-state index in [1.165, 1.54) is 0 Å². The molecule has 12 heavy (non-hydrogen) atoms. The van der Waals surface area contributed by atoms with Gasteiger partial charge in [-0.15, -0.1) is 0 Å². The van der Waals surface area contributed by atoms with Crippen LogP contribution in [0, 0.1) is 6.92 Å². The summed E-state index contributed by atoms with van der Waals surface area (Å²) >= 11 is 0. The van der Waals surface area contributed by atoms with Crippen LogP contribution in [0.2, 0.25) is 0 Å². The van der Waals surface area contributed by atoms with Crippen LogP contribution in [0.1, 0.15) is 16.1 Å². The van der Waals surface area contributed by atoms with Crippen LogP contribution in [0.5, 0.6) is 0 Å². The predicted molar refractivity (Wildman–Crippen MR) is 45.9 cm³/mol. The number of carbonyl (C=O) groups is 1. The number of nitrogens with zero attached hydrogens (tertiary/aromatic N) is 1. The molecule has 3 N–H and O–H groups in total. The molecule has 0 saturated carbocycles. The first-order valence-electron chi connectivity index (χ1n) is 3.94. The molecule has 1 aliphatic heterocycles. The van der Waals surface area contributed by atoms with Crippen molar-refractivity contribution in [3.8, 4) is 0 Å². The number of nitrogens with two attached hydrogens (primary N) is 1. The number of hydrogen-bond donors (Lipinski definition) is 2. The van der Waals surface area contributed by atoms with Crippen molar-refractivity contribution < 1.29 is 4.79 Å². The minimum Gasteiger partial charge on any atom is -0.385 e. The molecule has 1 aromatic heterocycles. The summed E-state index contributed by atoms with van der Waals surface area (Å²) in [5, 5.41) is 2.76. The highest BCUT2D eigenvalue weighted by Gasteiger charge is 2.19. The van der Waals surface area contributed by atoms with Crippen molar-refractivity contribution in [1.82, 2.24) is 9.88 Å². The van der Waals surface area contributed by atoms with Crippen LogP contribution >= 0.6 is 0 Å². The molecule has 0 fully saturated rings. The number of aromatic nitrogens is 1. The number of anilines is 1. The number of hydrogen-bond acceptors (Lipinski definition) is 2. The monoisotopic (exact) mass is 165 g/mol. The molecule has 4 heteroatoms. The maximum absolute atomic E-state index is 11.3. The number of aryl methyl sites for hydroxylation is 1. The maximum atomic E-state index is 11.3. The lowest BCUT2D eigenvalue weighted by atomic mass is 10.3. The second-order valence-corrected chi connectivity index (χ2v) is 3.01. The Labute approximate surface area is 70.4 Å². The van der Waals surface area contributed by atoms with E-state index >= 15 is 0 Å². The Hall–Kier alpha value is -1.45. The number of rotatable bonds is 0. The molecule has 0 aromatic carbocycles. The molecule has 0 saturated heterocycles. The summed E-state index contributed by atoms with van der Waals surface area (Å²) in [5.41, 5.74) is 7.42. The largest absolute Gasteiger partial charge is 0.385 e. The third kappa shape index (κ3) is 0.809. The van der Waals surface area contributed by atoms with E-state index in [2.05, 4.69) is 5.32 Å². The summed E-state index contributed by atoms with van der Waals surface area (Å²) in [5.74, 6) is 0.681. The van der Waals surface area contributed by atoms with Gasteiger partial charge in [0.05, 0.1) is 0 Å². The van der Waals surface area contributed by atoms with E-state index in [4.69, 9.17) is 5.73 Å². The minimum atomic E-state index is -0.0268. The molecule has 0 unspecified atom stereocenters. The van der Waals surface area contributed by atoms with Crippen molar-refractivity contribution in [3.05, 3.63) is 17.3 Å². The quantitative estimate of drug-likeness (QED) is 0.573. The first-order valence-corrected chi connectivity index (χ1v) is 3.94. The molecule has 1 aromatic rings. The molecular weight excluding hydrogens is 154 g/mol. The molecule has 0 bridgehead atoms. The van der Waals surface area contributed by atoms with Crippen molar-refractivity contribution >= 4 is 11.7 Å². The van der Waals surface area contributed by atoms with E-state index in [9.17, 15) is 4.79 Å². The van der Waals surface area contributed by atoms with Gasteiger partial charge in [-0.25, -0.2) is 0 Å². The number of carbonyl (C=O) groups excluding carboxylic acids is 1. The number of amides is 1. The lowest BCUT2D eigenvalue weighted by Gasteiger charge is -2.16. The van der Waals surface area contributed by atoms with Gasteiger partial charge in [0.1, 0.15) is 11.5 Å². The molecule has 0 spiro atoms. The Morgan fingerprint density at radius 3 is 3.08 bits per heavy atom. The zero-order valence-corrected chi connectivity index (χ0v) is 6.92. The standard InChI is InChI=1S/C8H11N3O/c1-5-4-6-8(12)10-2-3-11(6)7(5)9/h4H,2-3,9H2,1H3,(H,10,12). The zero-order valence-electron chi connectivity index (χ0n) is 6.92. The highest BCUT2D eigenvalue weighted by Crippen LogP contribution is 2.18. The summed E-state index contributed by atoms with van der Waals surface area (Å²) in [6.45, 7) is 3.36. The third-order valence-corrected chi connectivity index (χ3v) is 2.19. The molecule has 2 heterocycles. The molecule has 0 aliphatic carbocycles. The molecule has 4 nitrogen and oxygen atoms in total. The van der Waals surface area contributed by atoms with Gasteiger partial charge in [-0.3, -0.25) is 4.79 Å². The van der Waals surface area contributed by atoms with Crippen LogP contribution in [0.4, 0.5) is 5.82 Å². The average Bonchev–Trinajstić information content (AvgIpc) is 2.32. The predicted octanol–water partition coefficient (Wildman–Crippen LogP) is 0.122. The Morgan fingerprint density at radius 1 is 1.67 bits per heavy atom. The average molecular weight is 165 g/mol. The van der Waals surface area contributed by atoms with E-state index < -0.39 is 0 Å². The number of fused-ring (bicyclic) bond motifs is 1. The SMILES string of the molecule is Cc1cc2n(c1N)CCNC2=O. The second-order valence-electron chi connectivity index (χ2n) is 3.01. The van der Waals surface area contributed by atoms with Crippen LogP contribution < -0.4 is 11.1 Å². The highest BCUT2D eigenvalue weighted by molar-refractivity contribution is 5.94. The van der Waals surface area contributed by atoms with Crippen LogP contribution in [0.15, 0.2) is 6.07 Å². The smallest absolute Gasteiger partial charge is 0.268 e. The minimum absolute atomic E-state index is 0.0268. The van der Waals surface area contributed by atoms with Crippen LogP contribution in [-0.4, -0.2) is 17.0 Å². The van der Waals surface area contributed by atoms with Crippen molar-refractivity contribution in [3.63, 3.8) is 0 Å². The van der Waals surface area contributed by atoms with Crippen molar-refractivity contribution in [2.45, 2.75) is 13.5 Å². The summed E-state index contributed by atoms with van der Waals surface area (Å²) < 4.78 is 1.86. The van der Waals surface area contributed by atoms with E-state index in [0.717, 1.165) is 12.1 Å². The van der Waals surface area contributed by atoms with Gasteiger partial charge < -0.3 is 15.6 Å². The molecule has 1 aliphatic rings. The summed E-state index contributed by atoms with van der Waals surface area (Å²) in [6, 6.07) is 1.82. The second kappa shape index (κ2) is 2.27. The van der Waals surface area contributed by atoms with E-state index in [1.54, 1.807) is 0 Å². The van der Waals surface area contributed by atoms with E-state index in [0.29, 0.717) is 18.1 Å². The van der Waals surface area contributed by atoms with Gasteiger partial charge in [0.2, 0.25) is 0 Å². The lowest BCUT2D eigenvalue weighted by Crippen LogP contribution is -2.35. The van der Waals surface area contributed by atoms with Gasteiger partial charge in [-0.05, 0) is 18.6 Å². The van der Waals surface area contributed by atoms with Gasteiger partial charge in [0.15, 0.2) is 0 Å². The fraction of sp³-hybridized carbons (Fsp3) is 0.375. The Kier molecular flexibility index (Phi) is 1.36. The normalized spacial score (nSPS) is 15.6. The van der Waals surface area contributed by atoms with Crippen LogP contribution in [-0.2, 0) is 6.54 Å². The van der Waals surface area contributed by atoms with Crippen molar-refractivity contribution in [2.75, 3.05) is 12.3 Å². The van der Waals surface area contributed by atoms with Gasteiger partial charge in [0, 0.05) is 13.1 Å². The summed E-state index contributed by atoms with van der Waals surface area (Å²) in [4.78, 5) is 11.3. The molecule has 1 amide bonds. The maximum Gasteiger partial charge on any atom is 0.268 e. The topological polar surface area (TPSA) is 60.0 Å². The molecule has 2 rings (SSSR count). The highest BCUT2D eigenvalue weighted by atomic mass is 16.2. The van der Waals surface area contributed by atoms with E-state index in [1.807, 2.05) is 17.6 Å². The molecule has 0 atom stereocenters. The Morgan fingerprint density at radius 2 is 2.42 bits per heavy atom. The van der Waals surface area contributed by atoms with Crippen molar-refractivity contribution in [2.24, 2.45) is 0 Å². The first kappa shape index (κ1) is 7.21. The zero-order chi connectivity index (χ0) is 8.72. The van der Waals surface area contributed by atoms with E-state index in [-0.39, 0.29) is 5.91 Å². The summed E-state index contributed by atoms with van der Waals surface area (Å²) in [6.07, 6.45) is 0. The first-order chi connectivity index (χ1) is 5.70. The fourth-order valence-electron chi connectivity index (χ4n) is 1.50. The van der Waals surface area contributed by atoms with Crippen LogP contribution in [0.3, 0.4) is 0 Å². The fourth-order valence-corrected chi connectivity index (χ4v) is 1.50. The number of nitrogen functional groups attached to an aromatic ring is 1. The Bertz CT molecular complexity index is 340. The van der Waals surface area contributed by atoms with Gasteiger partial charge in [0.25, 0.3) is 5.91 Å². The summed E-state index contributed by atoms with van der Waals surface area (Å²) in [7, 11) is 0. The molecule has 0 radical (unpaired) electrons. The van der Waals surface area contributed by atoms with Crippen molar-refractivity contribution in [1.29, 1.82) is 0 Å². The molecule has 64 valence electrons. The molecular formula is C8H11N3O. The van der Waals surface area contributed by atoms with Gasteiger partial charge >= 0.3 is 0 Å². The van der Waals surface area contributed by atoms with Gasteiger partial charge in [-0.1, -0.05) is 0 Å². The third-order valence-electron chi connectivity index (χ3n) is 2.19.